The zero-order valence-electron chi connectivity index (χ0n) is 12.4. The molecule has 0 fully saturated rings. The topological polar surface area (TPSA) is 95.0 Å². The molecule has 1 heterocycles. The third-order valence-electron chi connectivity index (χ3n) is 3.28. The lowest BCUT2D eigenvalue weighted by Crippen LogP contribution is -2.22. The molecule has 0 saturated carbocycles. The fourth-order valence-corrected chi connectivity index (χ4v) is 2.92. The van der Waals surface area contributed by atoms with E-state index in [9.17, 15) is 14.7 Å². The van der Waals surface area contributed by atoms with Crippen LogP contribution in [0.15, 0.2) is 59.8 Å². The number of hydrogen-bond acceptors (Lipinski definition) is 6. The average molecular weight is 338 g/mol. The first-order chi connectivity index (χ1) is 11.6. The SMILES string of the molecule is O=C(CSc1nncc2ccccc12)Nc1ccc(C(=O)[O-])cc1. The molecule has 1 aromatic heterocycles. The summed E-state index contributed by atoms with van der Waals surface area (Å²) in [6, 6.07) is 13.5. The van der Waals surface area contributed by atoms with Crippen LogP contribution in [0.2, 0.25) is 0 Å². The number of anilines is 1. The van der Waals surface area contributed by atoms with Crippen LogP contribution in [0.1, 0.15) is 10.4 Å². The lowest BCUT2D eigenvalue weighted by Gasteiger charge is -2.07. The number of carboxylic acids is 1. The minimum atomic E-state index is -1.25. The van der Waals surface area contributed by atoms with Crippen molar-refractivity contribution >= 4 is 40.1 Å². The number of aromatic carboxylic acids is 1. The van der Waals surface area contributed by atoms with Crippen LogP contribution in [0, 0.1) is 0 Å². The smallest absolute Gasteiger partial charge is 0.234 e. The number of hydrogen-bond donors (Lipinski definition) is 1. The number of carbonyl (C=O) groups is 2. The van der Waals surface area contributed by atoms with Crippen LogP contribution in [0.4, 0.5) is 5.69 Å². The molecule has 3 rings (SSSR count). The van der Waals surface area contributed by atoms with Crippen LogP contribution in [0.25, 0.3) is 10.8 Å². The van der Waals surface area contributed by atoms with E-state index in [0.717, 1.165) is 10.8 Å². The molecule has 0 spiro atoms. The molecule has 3 aromatic rings. The molecule has 0 atom stereocenters. The quantitative estimate of drug-likeness (QED) is 0.712. The van der Waals surface area contributed by atoms with E-state index in [1.165, 1.54) is 36.0 Å². The van der Waals surface area contributed by atoms with Crippen molar-refractivity contribution in [1.82, 2.24) is 10.2 Å². The maximum absolute atomic E-state index is 12.0. The number of benzene rings is 2. The Morgan fingerprint density at radius 2 is 1.83 bits per heavy atom. The number of carbonyl (C=O) groups excluding carboxylic acids is 2. The molecule has 0 aliphatic carbocycles. The van der Waals surface area contributed by atoms with E-state index < -0.39 is 5.97 Å². The minimum Gasteiger partial charge on any atom is -0.545 e. The first kappa shape index (κ1) is 15.9. The molecule has 0 aliphatic rings. The van der Waals surface area contributed by atoms with Gasteiger partial charge in [-0.25, -0.2) is 0 Å². The second kappa shape index (κ2) is 7.10. The van der Waals surface area contributed by atoms with E-state index >= 15 is 0 Å². The Labute approximate surface area is 141 Å². The Morgan fingerprint density at radius 3 is 2.58 bits per heavy atom. The van der Waals surface area contributed by atoms with Gasteiger partial charge in [-0.05, 0) is 17.7 Å². The number of amides is 1. The first-order valence-corrected chi connectivity index (χ1v) is 8.06. The fraction of sp³-hybridized carbons (Fsp3) is 0.0588. The van der Waals surface area contributed by atoms with Crippen molar-refractivity contribution in [3.8, 4) is 0 Å². The van der Waals surface area contributed by atoms with Crippen LogP contribution in [-0.2, 0) is 4.79 Å². The summed E-state index contributed by atoms with van der Waals surface area (Å²) in [6.45, 7) is 0. The maximum atomic E-state index is 12.0. The van der Waals surface area contributed by atoms with Gasteiger partial charge in [0.2, 0.25) is 5.91 Å². The number of nitrogens with zero attached hydrogens (tertiary/aromatic N) is 2. The number of carboxylic acid groups (broad SMARTS) is 1. The third kappa shape index (κ3) is 3.69. The van der Waals surface area contributed by atoms with Gasteiger partial charge in [0.15, 0.2) is 0 Å². The predicted octanol–water partition coefficient (Wildman–Crippen LogP) is 1.72. The molecule has 0 saturated heterocycles. The van der Waals surface area contributed by atoms with E-state index in [-0.39, 0.29) is 17.2 Å². The highest BCUT2D eigenvalue weighted by Gasteiger charge is 2.08. The van der Waals surface area contributed by atoms with Gasteiger partial charge >= 0.3 is 0 Å². The molecule has 0 aliphatic heterocycles. The van der Waals surface area contributed by atoms with Crippen molar-refractivity contribution in [2.75, 3.05) is 11.1 Å². The second-order valence-corrected chi connectivity index (χ2v) is 5.90. The van der Waals surface area contributed by atoms with Gasteiger partial charge in [-0.2, -0.15) is 5.10 Å². The van der Waals surface area contributed by atoms with Crippen molar-refractivity contribution in [2.45, 2.75) is 5.03 Å². The summed E-state index contributed by atoms with van der Waals surface area (Å²) >= 11 is 1.30. The normalized spacial score (nSPS) is 10.5. The summed E-state index contributed by atoms with van der Waals surface area (Å²) in [6.07, 6.45) is 1.68. The fourth-order valence-electron chi connectivity index (χ4n) is 2.13. The molecule has 0 radical (unpaired) electrons. The highest BCUT2D eigenvalue weighted by molar-refractivity contribution is 8.00. The Morgan fingerprint density at radius 1 is 1.08 bits per heavy atom. The number of aromatic nitrogens is 2. The third-order valence-corrected chi connectivity index (χ3v) is 4.26. The van der Waals surface area contributed by atoms with E-state index in [1.54, 1.807) is 6.20 Å². The number of nitrogens with one attached hydrogen (secondary N) is 1. The summed E-state index contributed by atoms with van der Waals surface area (Å²) in [5.74, 6) is -1.29. The summed E-state index contributed by atoms with van der Waals surface area (Å²) < 4.78 is 0. The zero-order valence-corrected chi connectivity index (χ0v) is 13.2. The monoisotopic (exact) mass is 338 g/mol. The van der Waals surface area contributed by atoms with Gasteiger partial charge in [-0.15, -0.1) is 5.10 Å². The van der Waals surface area contributed by atoms with Crippen molar-refractivity contribution in [3.05, 3.63) is 60.3 Å². The molecular weight excluding hydrogens is 326 g/mol. The minimum absolute atomic E-state index is 0.0633. The molecule has 1 N–H and O–H groups in total. The van der Waals surface area contributed by atoms with Gasteiger partial charge < -0.3 is 15.2 Å². The molecule has 2 aromatic carbocycles. The highest BCUT2D eigenvalue weighted by Crippen LogP contribution is 2.24. The van der Waals surface area contributed by atoms with Crippen molar-refractivity contribution < 1.29 is 14.7 Å². The number of thioether (sulfide) groups is 1. The van der Waals surface area contributed by atoms with Crippen molar-refractivity contribution in [1.29, 1.82) is 0 Å². The second-order valence-electron chi connectivity index (χ2n) is 4.94. The van der Waals surface area contributed by atoms with Gasteiger partial charge in [0.1, 0.15) is 5.03 Å². The van der Waals surface area contributed by atoms with Crippen LogP contribution in [0.3, 0.4) is 0 Å². The Kier molecular flexibility index (Phi) is 4.72. The van der Waals surface area contributed by atoms with Crippen LogP contribution < -0.4 is 10.4 Å². The van der Waals surface area contributed by atoms with Gasteiger partial charge in [-0.1, -0.05) is 48.2 Å². The van der Waals surface area contributed by atoms with Crippen LogP contribution >= 0.6 is 11.8 Å². The van der Waals surface area contributed by atoms with Gasteiger partial charge in [0.25, 0.3) is 0 Å². The average Bonchev–Trinajstić information content (AvgIpc) is 2.60. The van der Waals surface area contributed by atoms with Crippen molar-refractivity contribution in [3.63, 3.8) is 0 Å². The van der Waals surface area contributed by atoms with E-state index in [1.807, 2.05) is 24.3 Å². The van der Waals surface area contributed by atoms with E-state index in [4.69, 9.17) is 0 Å². The predicted molar refractivity (Wildman–Crippen MR) is 89.7 cm³/mol. The van der Waals surface area contributed by atoms with E-state index in [0.29, 0.717) is 10.7 Å². The highest BCUT2D eigenvalue weighted by atomic mass is 32.2. The molecule has 24 heavy (non-hydrogen) atoms. The summed E-state index contributed by atoms with van der Waals surface area (Å²) in [4.78, 5) is 22.7. The summed E-state index contributed by atoms with van der Waals surface area (Å²) in [5.41, 5.74) is 0.586. The number of rotatable bonds is 5. The molecule has 120 valence electrons. The number of fused-ring (bicyclic) bond motifs is 1. The Hall–Kier alpha value is -2.93. The molecule has 7 heteroatoms. The van der Waals surface area contributed by atoms with Gasteiger partial charge in [-0.3, -0.25) is 4.79 Å². The molecule has 0 bridgehead atoms. The first-order valence-electron chi connectivity index (χ1n) is 7.08. The lowest BCUT2D eigenvalue weighted by molar-refractivity contribution is -0.255. The van der Waals surface area contributed by atoms with Crippen molar-refractivity contribution in [2.24, 2.45) is 0 Å². The maximum Gasteiger partial charge on any atom is 0.234 e. The van der Waals surface area contributed by atoms with Gasteiger partial charge in [0.05, 0.1) is 17.9 Å². The Balaban J connectivity index is 1.64. The Bertz CT molecular complexity index is 892. The molecule has 0 unspecified atom stereocenters. The molecule has 6 nitrogen and oxygen atoms in total. The van der Waals surface area contributed by atoms with Crippen LogP contribution in [0.5, 0.6) is 0 Å². The van der Waals surface area contributed by atoms with Gasteiger partial charge in [0, 0.05) is 16.5 Å². The summed E-state index contributed by atoms with van der Waals surface area (Å²) in [7, 11) is 0. The summed E-state index contributed by atoms with van der Waals surface area (Å²) in [5, 5.41) is 24.0. The lowest BCUT2D eigenvalue weighted by atomic mass is 10.2. The largest absolute Gasteiger partial charge is 0.545 e. The molecular formula is C17H12N3O3S-. The molecule has 1 amide bonds. The van der Waals surface area contributed by atoms with Crippen LogP contribution in [-0.4, -0.2) is 27.8 Å². The standard InChI is InChI=1S/C17H13N3O3S/c21-15(19-13-7-5-11(6-8-13)17(22)23)10-24-16-14-4-2-1-3-12(14)9-18-20-16/h1-9H,10H2,(H,19,21)(H,22,23)/p-1. The zero-order chi connectivity index (χ0) is 16.9. The van der Waals surface area contributed by atoms with E-state index in [2.05, 4.69) is 15.5 Å².